The Hall–Kier alpha value is -0.840. The number of hydrogen-bond donors (Lipinski definition) is 2. The van der Waals surface area contributed by atoms with E-state index in [-0.39, 0.29) is 24.9 Å². The first-order valence-corrected chi connectivity index (χ1v) is 7.91. The van der Waals surface area contributed by atoms with Crippen LogP contribution in [0.25, 0.3) is 0 Å². The SMILES string of the molecule is CC1CCCC(OCC(O)CNc2c(F)cccc2Cl)C1. The topological polar surface area (TPSA) is 41.5 Å². The summed E-state index contributed by atoms with van der Waals surface area (Å²) in [7, 11) is 0. The zero-order chi connectivity index (χ0) is 15.2. The molecular formula is C16H23ClFNO2. The van der Waals surface area contributed by atoms with Crippen LogP contribution in [0.1, 0.15) is 32.6 Å². The molecule has 0 aromatic heterocycles. The number of anilines is 1. The largest absolute Gasteiger partial charge is 0.389 e. The standard InChI is InChI=1S/C16H23ClFNO2/c1-11-4-2-5-13(8-11)21-10-12(20)9-19-16-14(17)6-3-7-15(16)18/h3,6-7,11-13,19-20H,2,4-5,8-10H2,1H3. The Balaban J connectivity index is 1.73. The van der Waals surface area contributed by atoms with Gasteiger partial charge in [0.15, 0.2) is 0 Å². The first-order valence-electron chi connectivity index (χ1n) is 7.53. The number of nitrogens with one attached hydrogen (secondary N) is 1. The van der Waals surface area contributed by atoms with Gasteiger partial charge in [0.05, 0.1) is 29.5 Å². The van der Waals surface area contributed by atoms with Crippen molar-refractivity contribution in [3.05, 3.63) is 29.0 Å². The van der Waals surface area contributed by atoms with Crippen molar-refractivity contribution in [3.63, 3.8) is 0 Å². The van der Waals surface area contributed by atoms with Crippen LogP contribution >= 0.6 is 11.6 Å². The molecule has 0 amide bonds. The summed E-state index contributed by atoms with van der Waals surface area (Å²) in [6, 6.07) is 4.49. The molecular weight excluding hydrogens is 293 g/mol. The van der Waals surface area contributed by atoms with E-state index in [1.165, 1.54) is 18.9 Å². The summed E-state index contributed by atoms with van der Waals surface area (Å²) in [6.07, 6.45) is 4.11. The van der Waals surface area contributed by atoms with Gasteiger partial charge in [0.2, 0.25) is 0 Å². The van der Waals surface area contributed by atoms with Crippen LogP contribution in [0.4, 0.5) is 10.1 Å². The number of rotatable bonds is 6. The Kier molecular flexibility index (Phi) is 6.27. The number of aliphatic hydroxyl groups is 1. The van der Waals surface area contributed by atoms with E-state index in [9.17, 15) is 9.50 Å². The van der Waals surface area contributed by atoms with Crippen LogP contribution in [0.5, 0.6) is 0 Å². The number of para-hydroxylation sites is 1. The second-order valence-corrected chi connectivity index (χ2v) is 6.27. The Morgan fingerprint density at radius 2 is 2.29 bits per heavy atom. The zero-order valence-corrected chi connectivity index (χ0v) is 13.1. The minimum absolute atomic E-state index is 0.211. The highest BCUT2D eigenvalue weighted by molar-refractivity contribution is 6.33. The Bertz CT molecular complexity index is 438. The Morgan fingerprint density at radius 3 is 3.00 bits per heavy atom. The van der Waals surface area contributed by atoms with Gasteiger partial charge in [0.1, 0.15) is 5.82 Å². The molecule has 0 spiro atoms. The van der Waals surface area contributed by atoms with Gasteiger partial charge in [-0.2, -0.15) is 0 Å². The monoisotopic (exact) mass is 315 g/mol. The average Bonchev–Trinajstić information content (AvgIpc) is 2.45. The molecule has 0 heterocycles. The van der Waals surface area contributed by atoms with Crippen molar-refractivity contribution in [2.75, 3.05) is 18.5 Å². The summed E-state index contributed by atoms with van der Waals surface area (Å²) >= 11 is 5.91. The second-order valence-electron chi connectivity index (χ2n) is 5.86. The van der Waals surface area contributed by atoms with Gasteiger partial charge in [0.25, 0.3) is 0 Å². The summed E-state index contributed by atoms with van der Waals surface area (Å²) in [5.41, 5.74) is 0.226. The highest BCUT2D eigenvalue weighted by Crippen LogP contribution is 2.26. The molecule has 1 fully saturated rings. The van der Waals surface area contributed by atoms with E-state index in [0.717, 1.165) is 12.8 Å². The fourth-order valence-electron chi connectivity index (χ4n) is 2.72. The fourth-order valence-corrected chi connectivity index (χ4v) is 2.95. The van der Waals surface area contributed by atoms with Crippen LogP contribution in [0.15, 0.2) is 18.2 Å². The quantitative estimate of drug-likeness (QED) is 0.838. The van der Waals surface area contributed by atoms with Crippen LogP contribution in [-0.2, 0) is 4.74 Å². The molecule has 3 unspecified atom stereocenters. The predicted molar refractivity (Wildman–Crippen MR) is 83.3 cm³/mol. The highest BCUT2D eigenvalue weighted by Gasteiger charge is 2.20. The lowest BCUT2D eigenvalue weighted by Gasteiger charge is -2.27. The van der Waals surface area contributed by atoms with E-state index in [0.29, 0.717) is 10.9 Å². The molecule has 3 atom stereocenters. The van der Waals surface area contributed by atoms with E-state index >= 15 is 0 Å². The lowest BCUT2D eigenvalue weighted by atomic mass is 9.89. The lowest BCUT2D eigenvalue weighted by Crippen LogP contribution is -2.30. The fraction of sp³-hybridized carbons (Fsp3) is 0.625. The van der Waals surface area contributed by atoms with Crippen LogP contribution in [0, 0.1) is 11.7 Å². The smallest absolute Gasteiger partial charge is 0.147 e. The third-order valence-corrected chi connectivity index (χ3v) is 4.20. The number of aliphatic hydroxyl groups excluding tert-OH is 1. The number of halogens is 2. The molecule has 0 radical (unpaired) electrons. The molecule has 1 aliphatic rings. The van der Waals surface area contributed by atoms with Gasteiger partial charge >= 0.3 is 0 Å². The maximum atomic E-state index is 13.6. The summed E-state index contributed by atoms with van der Waals surface area (Å²) in [6.45, 7) is 2.70. The number of hydrogen-bond acceptors (Lipinski definition) is 3. The number of ether oxygens (including phenoxy) is 1. The minimum atomic E-state index is -0.682. The third-order valence-electron chi connectivity index (χ3n) is 3.89. The molecule has 0 saturated heterocycles. The summed E-state index contributed by atoms with van der Waals surface area (Å²) in [5, 5.41) is 13.1. The molecule has 3 nitrogen and oxygen atoms in total. The molecule has 5 heteroatoms. The van der Waals surface area contributed by atoms with Gasteiger partial charge in [-0.25, -0.2) is 4.39 Å². The molecule has 21 heavy (non-hydrogen) atoms. The Morgan fingerprint density at radius 1 is 1.48 bits per heavy atom. The predicted octanol–water partition coefficient (Wildman–Crippen LogP) is 3.85. The molecule has 0 bridgehead atoms. The van der Waals surface area contributed by atoms with Crippen molar-refractivity contribution in [2.45, 2.75) is 44.8 Å². The normalized spacial score (nSPS) is 23.8. The van der Waals surface area contributed by atoms with Gasteiger partial charge in [-0.05, 0) is 30.9 Å². The van der Waals surface area contributed by atoms with Crippen molar-refractivity contribution in [3.8, 4) is 0 Å². The molecule has 2 rings (SSSR count). The second kappa shape index (κ2) is 7.97. The Labute approximate surface area is 130 Å². The van der Waals surface area contributed by atoms with Crippen LogP contribution in [-0.4, -0.2) is 30.5 Å². The molecule has 0 aliphatic heterocycles. The van der Waals surface area contributed by atoms with Crippen LogP contribution in [0.2, 0.25) is 5.02 Å². The summed E-state index contributed by atoms with van der Waals surface area (Å²) < 4.78 is 19.3. The first kappa shape index (κ1) is 16.5. The molecule has 1 aromatic carbocycles. The molecule has 2 N–H and O–H groups in total. The third kappa shape index (κ3) is 5.13. The van der Waals surface area contributed by atoms with Crippen LogP contribution in [0.3, 0.4) is 0 Å². The molecule has 1 aliphatic carbocycles. The van der Waals surface area contributed by atoms with Gasteiger partial charge in [-0.1, -0.05) is 37.4 Å². The molecule has 1 saturated carbocycles. The van der Waals surface area contributed by atoms with E-state index in [4.69, 9.17) is 16.3 Å². The maximum Gasteiger partial charge on any atom is 0.147 e. The van der Waals surface area contributed by atoms with Crippen molar-refractivity contribution >= 4 is 17.3 Å². The van der Waals surface area contributed by atoms with Crippen LogP contribution < -0.4 is 5.32 Å². The highest BCUT2D eigenvalue weighted by atomic mass is 35.5. The van der Waals surface area contributed by atoms with E-state index in [1.54, 1.807) is 12.1 Å². The van der Waals surface area contributed by atoms with E-state index in [1.807, 2.05) is 0 Å². The molecule has 118 valence electrons. The molecule has 1 aromatic rings. The minimum Gasteiger partial charge on any atom is -0.389 e. The average molecular weight is 316 g/mol. The van der Waals surface area contributed by atoms with Crippen molar-refractivity contribution in [1.29, 1.82) is 0 Å². The number of benzene rings is 1. The van der Waals surface area contributed by atoms with Crippen molar-refractivity contribution in [1.82, 2.24) is 0 Å². The van der Waals surface area contributed by atoms with Crippen molar-refractivity contribution < 1.29 is 14.2 Å². The van der Waals surface area contributed by atoms with Crippen molar-refractivity contribution in [2.24, 2.45) is 5.92 Å². The van der Waals surface area contributed by atoms with Gasteiger partial charge in [0, 0.05) is 6.54 Å². The van der Waals surface area contributed by atoms with Gasteiger partial charge in [-0.3, -0.25) is 0 Å². The van der Waals surface area contributed by atoms with Gasteiger partial charge < -0.3 is 15.2 Å². The summed E-state index contributed by atoms with van der Waals surface area (Å²) in [4.78, 5) is 0. The van der Waals surface area contributed by atoms with E-state index in [2.05, 4.69) is 12.2 Å². The maximum absolute atomic E-state index is 13.6. The lowest BCUT2D eigenvalue weighted by molar-refractivity contribution is -0.0274. The van der Waals surface area contributed by atoms with E-state index < -0.39 is 11.9 Å². The first-order chi connectivity index (χ1) is 10.1. The zero-order valence-electron chi connectivity index (χ0n) is 12.3. The summed E-state index contributed by atoms with van der Waals surface area (Å²) in [5.74, 6) is 0.271. The van der Waals surface area contributed by atoms with Gasteiger partial charge in [-0.15, -0.1) is 0 Å².